The molecule has 0 bridgehead atoms. The summed E-state index contributed by atoms with van der Waals surface area (Å²) in [7, 11) is -3.63. The minimum atomic E-state index is -3.63. The number of nitrogens with zero attached hydrogens (tertiary/aromatic N) is 1. The summed E-state index contributed by atoms with van der Waals surface area (Å²) in [5.74, 6) is 0.500. The second kappa shape index (κ2) is 6.64. The standard InChI is InChI=1S/C16H15NO4S2/c1-12-7-8-15-14(11-12)17-16(20-15)22-9-10-23(18,19)21-13-5-3-2-4-6-13/h2-8,11H,9-10H2,1H3. The minimum absolute atomic E-state index is 0.121. The van der Waals surface area contributed by atoms with Gasteiger partial charge in [0.15, 0.2) is 5.58 Å². The highest BCUT2D eigenvalue weighted by Gasteiger charge is 2.14. The summed E-state index contributed by atoms with van der Waals surface area (Å²) in [6, 6.07) is 14.2. The van der Waals surface area contributed by atoms with Crippen LogP contribution in [-0.2, 0) is 10.1 Å². The summed E-state index contributed by atoms with van der Waals surface area (Å²) in [5, 5.41) is 0.459. The van der Waals surface area contributed by atoms with Gasteiger partial charge in [-0.05, 0) is 36.8 Å². The van der Waals surface area contributed by atoms with Crippen molar-refractivity contribution in [1.29, 1.82) is 0 Å². The number of para-hydroxylation sites is 1. The van der Waals surface area contributed by atoms with E-state index in [1.165, 1.54) is 11.8 Å². The van der Waals surface area contributed by atoms with E-state index < -0.39 is 10.1 Å². The van der Waals surface area contributed by atoms with Crippen molar-refractivity contribution in [1.82, 2.24) is 4.98 Å². The summed E-state index contributed by atoms with van der Waals surface area (Å²) in [4.78, 5) is 4.34. The van der Waals surface area contributed by atoms with E-state index in [1.807, 2.05) is 25.1 Å². The van der Waals surface area contributed by atoms with E-state index in [2.05, 4.69) is 4.98 Å². The fourth-order valence-corrected chi connectivity index (χ4v) is 4.10. The second-order valence-electron chi connectivity index (χ2n) is 4.96. The molecule has 2 aromatic carbocycles. The number of oxazole rings is 1. The number of fused-ring (bicyclic) bond motifs is 1. The molecule has 0 atom stereocenters. The number of rotatable bonds is 6. The topological polar surface area (TPSA) is 69.4 Å². The summed E-state index contributed by atoms with van der Waals surface area (Å²) in [6.07, 6.45) is 0. The van der Waals surface area contributed by atoms with Crippen LogP contribution >= 0.6 is 11.8 Å². The van der Waals surface area contributed by atoms with Crippen molar-refractivity contribution in [3.05, 3.63) is 54.1 Å². The Bertz CT molecular complexity index is 904. The summed E-state index contributed by atoms with van der Waals surface area (Å²) in [6.45, 7) is 1.98. The lowest BCUT2D eigenvalue weighted by atomic mass is 10.2. The zero-order valence-electron chi connectivity index (χ0n) is 12.4. The predicted molar refractivity (Wildman–Crippen MR) is 90.3 cm³/mol. The van der Waals surface area contributed by atoms with Gasteiger partial charge in [-0.25, -0.2) is 4.98 Å². The highest BCUT2D eigenvalue weighted by atomic mass is 32.2. The second-order valence-corrected chi connectivity index (χ2v) is 7.69. The van der Waals surface area contributed by atoms with E-state index in [9.17, 15) is 8.42 Å². The lowest BCUT2D eigenvalue weighted by Gasteiger charge is -2.05. The van der Waals surface area contributed by atoms with E-state index >= 15 is 0 Å². The molecule has 0 aliphatic rings. The van der Waals surface area contributed by atoms with Crippen molar-refractivity contribution in [2.45, 2.75) is 12.1 Å². The molecule has 120 valence electrons. The lowest BCUT2D eigenvalue weighted by molar-refractivity contribution is 0.486. The van der Waals surface area contributed by atoms with Gasteiger partial charge in [0, 0.05) is 5.75 Å². The monoisotopic (exact) mass is 349 g/mol. The van der Waals surface area contributed by atoms with Crippen LogP contribution in [0.25, 0.3) is 11.1 Å². The molecule has 0 N–H and O–H groups in total. The summed E-state index contributed by atoms with van der Waals surface area (Å²) < 4.78 is 34.4. The average Bonchev–Trinajstić information content (AvgIpc) is 2.89. The first-order valence-electron chi connectivity index (χ1n) is 6.99. The number of benzene rings is 2. The predicted octanol–water partition coefficient (Wildman–Crippen LogP) is 3.64. The van der Waals surface area contributed by atoms with Crippen molar-refractivity contribution in [2.24, 2.45) is 0 Å². The van der Waals surface area contributed by atoms with Crippen molar-refractivity contribution >= 4 is 33.0 Å². The normalized spacial score (nSPS) is 11.7. The molecule has 3 aromatic rings. The first kappa shape index (κ1) is 15.9. The van der Waals surface area contributed by atoms with Crippen molar-refractivity contribution < 1.29 is 17.0 Å². The maximum Gasteiger partial charge on any atom is 0.310 e. The maximum absolute atomic E-state index is 11.9. The zero-order valence-corrected chi connectivity index (χ0v) is 14.1. The van der Waals surface area contributed by atoms with Gasteiger partial charge in [-0.15, -0.1) is 0 Å². The third-order valence-corrected chi connectivity index (χ3v) is 5.29. The molecule has 7 heteroatoms. The molecule has 0 fully saturated rings. The van der Waals surface area contributed by atoms with Crippen LogP contribution in [-0.4, -0.2) is 24.9 Å². The first-order chi connectivity index (χ1) is 11.0. The molecule has 5 nitrogen and oxygen atoms in total. The molecule has 0 saturated heterocycles. The molecule has 0 spiro atoms. The minimum Gasteiger partial charge on any atom is -0.431 e. The fourth-order valence-electron chi connectivity index (χ4n) is 1.97. The molecular formula is C16H15NO4S2. The molecule has 0 unspecified atom stereocenters. The summed E-state index contributed by atoms with van der Waals surface area (Å²) >= 11 is 1.25. The maximum atomic E-state index is 11.9. The lowest BCUT2D eigenvalue weighted by Crippen LogP contribution is -2.15. The molecule has 0 amide bonds. The number of aryl methyl sites for hydroxylation is 1. The van der Waals surface area contributed by atoms with Crippen LogP contribution < -0.4 is 4.18 Å². The van der Waals surface area contributed by atoms with Gasteiger partial charge in [0.2, 0.25) is 0 Å². The molecule has 0 aliphatic carbocycles. The molecule has 1 aromatic heterocycles. The smallest absolute Gasteiger partial charge is 0.310 e. The Labute approximate surface area is 138 Å². The Morgan fingerprint density at radius 1 is 1.17 bits per heavy atom. The van der Waals surface area contributed by atoms with Crippen LogP contribution in [0.2, 0.25) is 0 Å². The van der Waals surface area contributed by atoms with Crippen LogP contribution in [0.15, 0.2) is 58.2 Å². The number of hydrogen-bond donors (Lipinski definition) is 0. The quantitative estimate of drug-likeness (QED) is 0.500. The molecule has 23 heavy (non-hydrogen) atoms. The van der Waals surface area contributed by atoms with E-state index in [0.29, 0.717) is 22.3 Å². The van der Waals surface area contributed by atoms with Crippen LogP contribution in [0.3, 0.4) is 0 Å². The fraction of sp³-hybridized carbons (Fsp3) is 0.188. The third-order valence-electron chi connectivity index (χ3n) is 3.05. The van der Waals surface area contributed by atoms with Gasteiger partial charge >= 0.3 is 10.1 Å². The Kier molecular flexibility index (Phi) is 4.58. The number of thioether (sulfide) groups is 1. The van der Waals surface area contributed by atoms with Gasteiger partial charge in [0.25, 0.3) is 5.22 Å². The molecular weight excluding hydrogens is 334 g/mol. The summed E-state index contributed by atoms with van der Waals surface area (Å²) in [5.41, 5.74) is 2.57. The number of hydrogen-bond acceptors (Lipinski definition) is 6. The number of aromatic nitrogens is 1. The van der Waals surface area contributed by atoms with Gasteiger partial charge in [-0.1, -0.05) is 36.0 Å². The van der Waals surface area contributed by atoms with E-state index in [1.54, 1.807) is 30.3 Å². The van der Waals surface area contributed by atoms with E-state index in [0.717, 1.165) is 11.1 Å². The van der Waals surface area contributed by atoms with Crippen molar-refractivity contribution in [2.75, 3.05) is 11.5 Å². The van der Waals surface area contributed by atoms with Gasteiger partial charge in [0.1, 0.15) is 11.3 Å². The first-order valence-corrected chi connectivity index (χ1v) is 9.55. The van der Waals surface area contributed by atoms with Gasteiger partial charge < -0.3 is 8.60 Å². The molecule has 3 rings (SSSR count). The van der Waals surface area contributed by atoms with Crippen LogP contribution in [0, 0.1) is 6.92 Å². The Balaban J connectivity index is 1.59. The van der Waals surface area contributed by atoms with Gasteiger partial charge in [-0.2, -0.15) is 8.42 Å². The SMILES string of the molecule is Cc1ccc2oc(SCCS(=O)(=O)Oc3ccccc3)nc2c1. The molecule has 1 heterocycles. The average molecular weight is 349 g/mol. The Hall–Kier alpha value is -1.99. The third kappa shape index (κ3) is 4.27. The zero-order chi connectivity index (χ0) is 16.3. The van der Waals surface area contributed by atoms with E-state index in [-0.39, 0.29) is 5.75 Å². The van der Waals surface area contributed by atoms with Crippen molar-refractivity contribution in [3.63, 3.8) is 0 Å². The Morgan fingerprint density at radius 2 is 1.96 bits per heavy atom. The highest BCUT2D eigenvalue weighted by Crippen LogP contribution is 2.24. The largest absolute Gasteiger partial charge is 0.431 e. The van der Waals surface area contributed by atoms with Crippen molar-refractivity contribution in [3.8, 4) is 5.75 Å². The molecule has 0 radical (unpaired) electrons. The van der Waals surface area contributed by atoms with Gasteiger partial charge in [-0.3, -0.25) is 0 Å². The van der Waals surface area contributed by atoms with Gasteiger partial charge in [0.05, 0.1) is 5.75 Å². The van der Waals surface area contributed by atoms with Crippen LogP contribution in [0.5, 0.6) is 5.75 Å². The van der Waals surface area contributed by atoms with Crippen LogP contribution in [0.4, 0.5) is 0 Å². The molecule has 0 aliphatic heterocycles. The molecule has 0 saturated carbocycles. The highest BCUT2D eigenvalue weighted by molar-refractivity contribution is 8.00. The van der Waals surface area contributed by atoms with Crippen LogP contribution in [0.1, 0.15) is 5.56 Å². The van der Waals surface area contributed by atoms with E-state index in [4.69, 9.17) is 8.60 Å². The Morgan fingerprint density at radius 3 is 2.74 bits per heavy atom.